The van der Waals surface area contributed by atoms with Crippen LogP contribution in [0, 0.1) is 11.8 Å². The molecule has 23 heavy (non-hydrogen) atoms. The first-order valence-electron chi connectivity index (χ1n) is 9.38. The standard InChI is InChI=1S/C18H39N5/c1-7-16(8-2)13-20-18(19-5)21-14-17(15(3)4)23-11-9-22(6)10-12-23/h15-17H,7-14H2,1-6H3,(H2,19,20,21). The summed E-state index contributed by atoms with van der Waals surface area (Å²) in [5, 5.41) is 7.03. The first-order valence-corrected chi connectivity index (χ1v) is 9.38. The van der Waals surface area contributed by atoms with Crippen molar-refractivity contribution in [3.63, 3.8) is 0 Å². The molecule has 0 spiro atoms. The van der Waals surface area contributed by atoms with Gasteiger partial charge in [-0.15, -0.1) is 0 Å². The number of likely N-dealkylation sites (N-methyl/N-ethyl adjacent to an activating group) is 1. The van der Waals surface area contributed by atoms with Gasteiger partial charge in [-0.05, 0) is 18.9 Å². The fourth-order valence-corrected chi connectivity index (χ4v) is 3.18. The number of guanidine groups is 1. The van der Waals surface area contributed by atoms with Gasteiger partial charge < -0.3 is 15.5 Å². The van der Waals surface area contributed by atoms with Crippen LogP contribution in [0.2, 0.25) is 0 Å². The van der Waals surface area contributed by atoms with E-state index in [0.29, 0.717) is 12.0 Å². The summed E-state index contributed by atoms with van der Waals surface area (Å²) in [6, 6.07) is 0.565. The lowest BCUT2D eigenvalue weighted by atomic mass is 10.0. The molecule has 1 fully saturated rings. The van der Waals surface area contributed by atoms with E-state index in [1.165, 1.54) is 39.0 Å². The Kier molecular flexibility index (Phi) is 9.56. The minimum absolute atomic E-state index is 0.565. The van der Waals surface area contributed by atoms with Gasteiger partial charge >= 0.3 is 0 Å². The van der Waals surface area contributed by atoms with Crippen LogP contribution in [0.15, 0.2) is 4.99 Å². The maximum absolute atomic E-state index is 4.38. The highest BCUT2D eigenvalue weighted by Crippen LogP contribution is 2.13. The predicted molar refractivity (Wildman–Crippen MR) is 101 cm³/mol. The Morgan fingerprint density at radius 2 is 1.57 bits per heavy atom. The fraction of sp³-hybridized carbons (Fsp3) is 0.944. The molecule has 1 heterocycles. The van der Waals surface area contributed by atoms with E-state index in [4.69, 9.17) is 0 Å². The predicted octanol–water partition coefficient (Wildman–Crippen LogP) is 1.86. The zero-order chi connectivity index (χ0) is 17.2. The Hall–Kier alpha value is -0.810. The van der Waals surface area contributed by atoms with Crippen LogP contribution in [0.3, 0.4) is 0 Å². The first kappa shape index (κ1) is 20.2. The van der Waals surface area contributed by atoms with Gasteiger partial charge in [0.25, 0.3) is 0 Å². The van der Waals surface area contributed by atoms with Crippen LogP contribution in [-0.4, -0.2) is 75.2 Å². The molecule has 1 atom stereocenters. The van der Waals surface area contributed by atoms with E-state index in [0.717, 1.165) is 25.0 Å². The highest BCUT2D eigenvalue weighted by atomic mass is 15.3. The van der Waals surface area contributed by atoms with Crippen molar-refractivity contribution in [3.05, 3.63) is 0 Å². The van der Waals surface area contributed by atoms with Gasteiger partial charge in [-0.3, -0.25) is 9.89 Å². The second kappa shape index (κ2) is 10.9. The highest BCUT2D eigenvalue weighted by molar-refractivity contribution is 5.79. The molecule has 1 rings (SSSR count). The highest BCUT2D eigenvalue weighted by Gasteiger charge is 2.25. The summed E-state index contributed by atoms with van der Waals surface area (Å²) in [5.74, 6) is 2.31. The Labute approximate surface area is 143 Å². The molecule has 0 radical (unpaired) electrons. The molecule has 0 aliphatic carbocycles. The van der Waals surface area contributed by atoms with Gasteiger partial charge in [-0.25, -0.2) is 0 Å². The molecule has 0 amide bonds. The molecular weight excluding hydrogens is 286 g/mol. The van der Waals surface area contributed by atoms with Crippen molar-refractivity contribution in [2.45, 2.75) is 46.6 Å². The number of aliphatic imine (C=N–C) groups is 1. The third-order valence-electron chi connectivity index (χ3n) is 5.19. The second-order valence-electron chi connectivity index (χ2n) is 7.17. The summed E-state index contributed by atoms with van der Waals surface area (Å²) in [7, 11) is 4.08. The largest absolute Gasteiger partial charge is 0.356 e. The van der Waals surface area contributed by atoms with Gasteiger partial charge in [0.1, 0.15) is 0 Å². The number of nitrogens with zero attached hydrogens (tertiary/aromatic N) is 3. The monoisotopic (exact) mass is 325 g/mol. The summed E-state index contributed by atoms with van der Waals surface area (Å²) < 4.78 is 0. The van der Waals surface area contributed by atoms with Crippen LogP contribution in [0.4, 0.5) is 0 Å². The SMILES string of the molecule is CCC(CC)CNC(=NC)NCC(C(C)C)N1CCN(C)CC1. The quantitative estimate of drug-likeness (QED) is 0.528. The average Bonchev–Trinajstić information content (AvgIpc) is 2.55. The lowest BCUT2D eigenvalue weighted by molar-refractivity contribution is 0.0900. The number of nitrogens with one attached hydrogen (secondary N) is 2. The minimum atomic E-state index is 0.565. The van der Waals surface area contributed by atoms with Crippen LogP contribution in [0.25, 0.3) is 0 Å². The second-order valence-corrected chi connectivity index (χ2v) is 7.17. The van der Waals surface area contributed by atoms with E-state index in [1.54, 1.807) is 0 Å². The Morgan fingerprint density at radius 3 is 2.04 bits per heavy atom. The molecule has 0 aromatic heterocycles. The Bertz CT molecular complexity index is 330. The van der Waals surface area contributed by atoms with Crippen molar-refractivity contribution >= 4 is 5.96 Å². The lowest BCUT2D eigenvalue weighted by Crippen LogP contribution is -2.55. The van der Waals surface area contributed by atoms with Crippen molar-refractivity contribution in [2.75, 3.05) is 53.4 Å². The molecular formula is C18H39N5. The van der Waals surface area contributed by atoms with Crippen LogP contribution in [0.1, 0.15) is 40.5 Å². The molecule has 1 saturated heterocycles. The summed E-state index contributed by atoms with van der Waals surface area (Å²) in [6.45, 7) is 15.8. The van der Waals surface area contributed by atoms with Gasteiger partial charge in [0.15, 0.2) is 5.96 Å². The Balaban J connectivity index is 2.46. The van der Waals surface area contributed by atoms with E-state index in [2.05, 4.69) is 60.2 Å². The topological polar surface area (TPSA) is 42.9 Å². The summed E-state index contributed by atoms with van der Waals surface area (Å²) >= 11 is 0. The van der Waals surface area contributed by atoms with Crippen molar-refractivity contribution in [2.24, 2.45) is 16.8 Å². The summed E-state index contributed by atoms with van der Waals surface area (Å²) in [5.41, 5.74) is 0. The number of rotatable bonds is 8. The summed E-state index contributed by atoms with van der Waals surface area (Å²) in [4.78, 5) is 9.43. The molecule has 0 aromatic carbocycles. The van der Waals surface area contributed by atoms with Crippen LogP contribution in [-0.2, 0) is 0 Å². The van der Waals surface area contributed by atoms with Gasteiger partial charge in [0.2, 0.25) is 0 Å². The van der Waals surface area contributed by atoms with Crippen LogP contribution < -0.4 is 10.6 Å². The van der Waals surface area contributed by atoms with E-state index in [-0.39, 0.29) is 0 Å². The van der Waals surface area contributed by atoms with Crippen LogP contribution in [0.5, 0.6) is 0 Å². The van der Waals surface area contributed by atoms with Gasteiger partial charge in [-0.1, -0.05) is 40.5 Å². The molecule has 5 nitrogen and oxygen atoms in total. The number of piperazine rings is 1. The summed E-state index contributed by atoms with van der Waals surface area (Å²) in [6.07, 6.45) is 2.44. The van der Waals surface area contributed by atoms with Crippen molar-refractivity contribution < 1.29 is 0 Å². The zero-order valence-electron chi connectivity index (χ0n) is 16.2. The van der Waals surface area contributed by atoms with Gasteiger partial charge in [-0.2, -0.15) is 0 Å². The van der Waals surface area contributed by atoms with Crippen molar-refractivity contribution in [3.8, 4) is 0 Å². The average molecular weight is 326 g/mol. The molecule has 136 valence electrons. The van der Waals surface area contributed by atoms with Gasteiger partial charge in [0, 0.05) is 52.4 Å². The van der Waals surface area contributed by atoms with E-state index in [1.807, 2.05) is 7.05 Å². The smallest absolute Gasteiger partial charge is 0.191 e. The molecule has 0 saturated carbocycles. The van der Waals surface area contributed by atoms with E-state index >= 15 is 0 Å². The Morgan fingerprint density at radius 1 is 1.00 bits per heavy atom. The molecule has 2 N–H and O–H groups in total. The molecule has 1 aliphatic heterocycles. The molecule has 1 unspecified atom stereocenters. The third-order valence-corrected chi connectivity index (χ3v) is 5.19. The van der Waals surface area contributed by atoms with Gasteiger partial charge in [0.05, 0.1) is 0 Å². The van der Waals surface area contributed by atoms with Crippen LogP contribution >= 0.6 is 0 Å². The fourth-order valence-electron chi connectivity index (χ4n) is 3.18. The molecule has 0 aromatic rings. The molecule has 1 aliphatic rings. The third kappa shape index (κ3) is 7.08. The van der Waals surface area contributed by atoms with Crippen molar-refractivity contribution in [1.29, 1.82) is 0 Å². The van der Waals surface area contributed by atoms with E-state index in [9.17, 15) is 0 Å². The maximum atomic E-state index is 4.38. The zero-order valence-corrected chi connectivity index (χ0v) is 16.2. The molecule has 5 heteroatoms. The van der Waals surface area contributed by atoms with Crippen molar-refractivity contribution in [1.82, 2.24) is 20.4 Å². The number of hydrogen-bond acceptors (Lipinski definition) is 3. The molecule has 0 bridgehead atoms. The number of hydrogen-bond donors (Lipinski definition) is 2. The first-order chi connectivity index (χ1) is 11.0. The lowest BCUT2D eigenvalue weighted by Gasteiger charge is -2.40. The normalized spacial score (nSPS) is 19.4. The minimum Gasteiger partial charge on any atom is -0.356 e. The maximum Gasteiger partial charge on any atom is 0.191 e. The van der Waals surface area contributed by atoms with E-state index < -0.39 is 0 Å².